The Morgan fingerprint density at radius 3 is 2.55 bits per heavy atom. The van der Waals surface area contributed by atoms with E-state index in [0.717, 1.165) is 11.1 Å². The molecule has 0 radical (unpaired) electrons. The highest BCUT2D eigenvalue weighted by molar-refractivity contribution is 5.90. The van der Waals surface area contributed by atoms with Crippen LogP contribution in [0.1, 0.15) is 30.0 Å². The Hall–Kier alpha value is -2.37. The number of nitrogens with one attached hydrogen (secondary N) is 2. The van der Waals surface area contributed by atoms with E-state index in [4.69, 9.17) is 0 Å². The van der Waals surface area contributed by atoms with Gasteiger partial charge in [0.2, 0.25) is 5.82 Å². The lowest BCUT2D eigenvalue weighted by atomic mass is 9.89. The normalized spacial score (nSPS) is 12.4. The summed E-state index contributed by atoms with van der Waals surface area (Å²) >= 11 is 0. The summed E-state index contributed by atoms with van der Waals surface area (Å²) in [5, 5.41) is 6.71. The molecule has 0 fully saturated rings. The molecule has 6 heteroatoms. The molecule has 0 unspecified atom stereocenters. The van der Waals surface area contributed by atoms with Gasteiger partial charge in [0, 0.05) is 13.6 Å². The molecule has 0 saturated heterocycles. The van der Waals surface area contributed by atoms with Crippen molar-refractivity contribution >= 4 is 5.91 Å². The van der Waals surface area contributed by atoms with Gasteiger partial charge in [0.1, 0.15) is 0 Å². The number of hydrogen-bond donors (Lipinski definition) is 2. The van der Waals surface area contributed by atoms with E-state index in [0.29, 0.717) is 18.4 Å². The molecule has 118 valence electrons. The molecule has 2 N–H and O–H groups in total. The molecule has 0 aliphatic carbocycles. The number of H-pyrrole nitrogens is 1. The van der Waals surface area contributed by atoms with Crippen molar-refractivity contribution < 1.29 is 4.79 Å². The van der Waals surface area contributed by atoms with Gasteiger partial charge in [-0.3, -0.25) is 9.78 Å². The number of rotatable bonds is 6. The molecule has 0 aliphatic rings. The van der Waals surface area contributed by atoms with Gasteiger partial charge in [-0.25, -0.2) is 9.48 Å². The van der Waals surface area contributed by atoms with Gasteiger partial charge in [0.15, 0.2) is 0 Å². The maximum absolute atomic E-state index is 12.0. The van der Waals surface area contributed by atoms with Gasteiger partial charge in [0.25, 0.3) is 5.91 Å². The molecule has 1 heterocycles. The summed E-state index contributed by atoms with van der Waals surface area (Å²) in [6.07, 6.45) is 0.900. The van der Waals surface area contributed by atoms with Gasteiger partial charge in [0.05, 0.1) is 0 Å². The minimum Gasteiger partial charge on any atom is -0.349 e. The van der Waals surface area contributed by atoms with Crippen LogP contribution in [0, 0.1) is 11.8 Å². The fourth-order valence-electron chi connectivity index (χ4n) is 2.27. The average molecular weight is 302 g/mol. The van der Waals surface area contributed by atoms with Gasteiger partial charge >= 0.3 is 5.69 Å². The highest BCUT2D eigenvalue weighted by atomic mass is 16.2. The Morgan fingerprint density at radius 2 is 2.00 bits per heavy atom. The van der Waals surface area contributed by atoms with Crippen molar-refractivity contribution in [1.29, 1.82) is 0 Å². The van der Waals surface area contributed by atoms with Crippen LogP contribution in [0.15, 0.2) is 35.1 Å². The summed E-state index contributed by atoms with van der Waals surface area (Å²) in [4.78, 5) is 25.8. The minimum atomic E-state index is -0.394. The monoisotopic (exact) mass is 302 g/mol. The first-order chi connectivity index (χ1) is 10.5. The molecule has 2 rings (SSSR count). The first-order valence-electron chi connectivity index (χ1n) is 7.42. The molecule has 0 bridgehead atoms. The minimum absolute atomic E-state index is 0.0507. The van der Waals surface area contributed by atoms with E-state index in [1.54, 1.807) is 0 Å². The second kappa shape index (κ2) is 7.06. The zero-order chi connectivity index (χ0) is 16.1. The number of aryl methyl sites for hydroxylation is 1. The predicted molar refractivity (Wildman–Crippen MR) is 84.6 cm³/mol. The lowest BCUT2D eigenvalue weighted by molar-refractivity contribution is 0.0932. The third-order valence-corrected chi connectivity index (χ3v) is 3.79. The molecule has 6 nitrogen and oxygen atoms in total. The smallest absolute Gasteiger partial charge is 0.343 e. The van der Waals surface area contributed by atoms with Crippen LogP contribution in [0.5, 0.6) is 0 Å². The Kier molecular flexibility index (Phi) is 5.14. The van der Waals surface area contributed by atoms with Crippen LogP contribution in [0.4, 0.5) is 0 Å². The van der Waals surface area contributed by atoms with Crippen LogP contribution in [-0.2, 0) is 13.5 Å². The topological polar surface area (TPSA) is 79.8 Å². The third kappa shape index (κ3) is 4.07. The highest BCUT2D eigenvalue weighted by Crippen LogP contribution is 2.16. The summed E-state index contributed by atoms with van der Waals surface area (Å²) < 4.78 is 1.11. The SMILES string of the molecule is CC(C)[C@H](CNC(=O)c1nn(C)c(=O)[nH]1)Cc1ccccc1. The van der Waals surface area contributed by atoms with Gasteiger partial charge in [-0.2, -0.15) is 0 Å². The van der Waals surface area contributed by atoms with E-state index >= 15 is 0 Å². The lowest BCUT2D eigenvalue weighted by Crippen LogP contribution is -2.33. The second-order valence-corrected chi connectivity index (χ2v) is 5.81. The van der Waals surface area contributed by atoms with Crippen molar-refractivity contribution in [1.82, 2.24) is 20.1 Å². The quantitative estimate of drug-likeness (QED) is 0.845. The number of hydrogen-bond acceptors (Lipinski definition) is 3. The number of aromatic amines is 1. The Bertz CT molecular complexity index is 673. The van der Waals surface area contributed by atoms with Crippen LogP contribution in [0.25, 0.3) is 0 Å². The fourth-order valence-corrected chi connectivity index (χ4v) is 2.27. The molecule has 0 aliphatic heterocycles. The molecular weight excluding hydrogens is 280 g/mol. The summed E-state index contributed by atoms with van der Waals surface area (Å²) in [5.74, 6) is 0.455. The number of nitrogens with zero attached hydrogens (tertiary/aromatic N) is 2. The van der Waals surface area contributed by atoms with Crippen LogP contribution < -0.4 is 11.0 Å². The molecule has 1 amide bonds. The van der Waals surface area contributed by atoms with E-state index in [2.05, 4.69) is 41.4 Å². The van der Waals surface area contributed by atoms with Crippen molar-refractivity contribution in [2.24, 2.45) is 18.9 Å². The van der Waals surface area contributed by atoms with Crippen LogP contribution >= 0.6 is 0 Å². The van der Waals surface area contributed by atoms with Crippen molar-refractivity contribution in [3.63, 3.8) is 0 Å². The Labute approximate surface area is 129 Å². The van der Waals surface area contributed by atoms with E-state index in [1.165, 1.54) is 12.6 Å². The maximum Gasteiger partial charge on any atom is 0.343 e. The summed E-state index contributed by atoms with van der Waals surface area (Å²) in [6.45, 7) is 4.83. The molecule has 1 atom stereocenters. The number of amides is 1. The second-order valence-electron chi connectivity index (χ2n) is 5.81. The van der Waals surface area contributed by atoms with Crippen molar-refractivity contribution in [2.45, 2.75) is 20.3 Å². The fraction of sp³-hybridized carbons (Fsp3) is 0.438. The molecule has 1 aromatic heterocycles. The first kappa shape index (κ1) is 16.0. The maximum atomic E-state index is 12.0. The summed E-state index contributed by atoms with van der Waals surface area (Å²) in [5.41, 5.74) is 0.858. The van der Waals surface area contributed by atoms with Crippen LogP contribution in [-0.4, -0.2) is 27.2 Å². The Balaban J connectivity index is 1.97. The molecule has 0 saturated carbocycles. The van der Waals surface area contributed by atoms with Gasteiger partial charge in [-0.1, -0.05) is 44.2 Å². The van der Waals surface area contributed by atoms with Gasteiger partial charge < -0.3 is 5.32 Å². The van der Waals surface area contributed by atoms with E-state index in [1.807, 2.05) is 18.2 Å². The number of benzene rings is 1. The van der Waals surface area contributed by atoms with Crippen molar-refractivity contribution in [2.75, 3.05) is 6.54 Å². The van der Waals surface area contributed by atoms with Crippen LogP contribution in [0.2, 0.25) is 0 Å². The molecule has 22 heavy (non-hydrogen) atoms. The van der Waals surface area contributed by atoms with E-state index in [9.17, 15) is 9.59 Å². The Morgan fingerprint density at radius 1 is 1.32 bits per heavy atom. The zero-order valence-electron chi connectivity index (χ0n) is 13.2. The number of carbonyl (C=O) groups is 1. The van der Waals surface area contributed by atoms with Crippen LogP contribution in [0.3, 0.4) is 0 Å². The van der Waals surface area contributed by atoms with E-state index in [-0.39, 0.29) is 11.7 Å². The van der Waals surface area contributed by atoms with Gasteiger partial charge in [-0.15, -0.1) is 5.10 Å². The highest BCUT2D eigenvalue weighted by Gasteiger charge is 2.17. The standard InChI is InChI=1S/C16H22N4O2/c1-11(2)13(9-12-7-5-4-6-8-12)10-17-15(21)14-18-16(22)20(3)19-14/h4-8,11,13H,9-10H2,1-3H3,(H,17,21)(H,18,19,22)/t13-/m0/s1. The first-order valence-corrected chi connectivity index (χ1v) is 7.42. The zero-order valence-corrected chi connectivity index (χ0v) is 13.2. The predicted octanol–water partition coefficient (Wildman–Crippen LogP) is 1.35. The summed E-state index contributed by atoms with van der Waals surface area (Å²) in [7, 11) is 1.50. The molecule has 2 aromatic rings. The molecule has 0 spiro atoms. The van der Waals surface area contributed by atoms with Crippen molar-refractivity contribution in [3.05, 3.63) is 52.2 Å². The molecule has 1 aromatic carbocycles. The summed E-state index contributed by atoms with van der Waals surface area (Å²) in [6, 6.07) is 10.2. The third-order valence-electron chi connectivity index (χ3n) is 3.79. The number of carbonyl (C=O) groups excluding carboxylic acids is 1. The average Bonchev–Trinajstić information content (AvgIpc) is 2.83. The van der Waals surface area contributed by atoms with Gasteiger partial charge in [-0.05, 0) is 23.8 Å². The molecular formula is C16H22N4O2. The lowest BCUT2D eigenvalue weighted by Gasteiger charge is -2.21. The van der Waals surface area contributed by atoms with E-state index < -0.39 is 5.69 Å². The number of aromatic nitrogens is 3. The van der Waals surface area contributed by atoms with Crippen molar-refractivity contribution in [3.8, 4) is 0 Å². The largest absolute Gasteiger partial charge is 0.349 e.